The van der Waals surface area contributed by atoms with E-state index in [1.807, 2.05) is 6.92 Å². The Labute approximate surface area is 99.4 Å². The Kier molecular flexibility index (Phi) is 5.31. The third-order valence-electron chi connectivity index (χ3n) is 1.93. The van der Waals surface area contributed by atoms with Crippen LogP contribution in [0.1, 0.15) is 32.5 Å². The summed E-state index contributed by atoms with van der Waals surface area (Å²) in [5, 5.41) is 6.99. The van der Waals surface area contributed by atoms with E-state index in [1.54, 1.807) is 6.92 Å². The minimum Gasteiger partial charge on any atom is -0.465 e. The van der Waals surface area contributed by atoms with Crippen LogP contribution < -0.4 is 0 Å². The van der Waals surface area contributed by atoms with Crippen LogP contribution in [-0.4, -0.2) is 33.0 Å². The molecule has 0 spiro atoms. The van der Waals surface area contributed by atoms with E-state index in [2.05, 4.69) is 22.1 Å². The van der Waals surface area contributed by atoms with Crippen LogP contribution in [0.2, 0.25) is 0 Å². The number of carbonyl (C=O) groups excluding carboxylic acids is 1. The third-order valence-corrected chi connectivity index (χ3v) is 2.87. The molecule has 1 aromatic rings. The summed E-state index contributed by atoms with van der Waals surface area (Å²) in [5.74, 6) is 0.537. The number of nitrogens with one attached hydrogen (secondary N) is 1. The maximum atomic E-state index is 11.5. The maximum Gasteiger partial charge on any atom is 0.319 e. The standard InChI is InChI=1S/C10H17N3O2S/c1-4-5-6-15-9(14)7(2)16-10-11-8(3)12-13-10/h7H,4-6H2,1-3H3,(H,11,12,13). The zero-order chi connectivity index (χ0) is 12.0. The summed E-state index contributed by atoms with van der Waals surface area (Å²) in [6.07, 6.45) is 1.93. The number of unbranched alkanes of at least 4 members (excludes halogenated alkanes) is 1. The van der Waals surface area contributed by atoms with E-state index >= 15 is 0 Å². The molecule has 6 heteroatoms. The molecule has 1 rings (SSSR count). The topological polar surface area (TPSA) is 67.9 Å². The normalized spacial score (nSPS) is 12.4. The fraction of sp³-hybridized carbons (Fsp3) is 0.700. The van der Waals surface area contributed by atoms with Gasteiger partial charge in [-0.1, -0.05) is 25.1 Å². The molecule has 0 amide bonds. The molecule has 1 atom stereocenters. The first kappa shape index (κ1) is 13.0. The first-order valence-corrected chi connectivity index (χ1v) is 6.23. The Morgan fingerprint density at radius 1 is 1.62 bits per heavy atom. The maximum absolute atomic E-state index is 11.5. The van der Waals surface area contributed by atoms with Crippen LogP contribution in [0.5, 0.6) is 0 Å². The van der Waals surface area contributed by atoms with Gasteiger partial charge in [0.25, 0.3) is 0 Å². The Morgan fingerprint density at radius 2 is 2.38 bits per heavy atom. The first-order chi connectivity index (χ1) is 7.63. The minimum atomic E-state index is -0.271. The zero-order valence-corrected chi connectivity index (χ0v) is 10.6. The molecular weight excluding hydrogens is 226 g/mol. The van der Waals surface area contributed by atoms with Gasteiger partial charge in [-0.2, -0.15) is 0 Å². The molecule has 0 saturated carbocycles. The van der Waals surface area contributed by atoms with E-state index in [0.717, 1.165) is 18.7 Å². The molecule has 1 unspecified atom stereocenters. The average Bonchev–Trinajstić information content (AvgIpc) is 2.64. The Balaban J connectivity index is 2.34. The van der Waals surface area contributed by atoms with Gasteiger partial charge in [0.15, 0.2) is 0 Å². The Bertz CT molecular complexity index is 341. The lowest BCUT2D eigenvalue weighted by molar-refractivity contribution is -0.142. The highest BCUT2D eigenvalue weighted by atomic mass is 32.2. The average molecular weight is 243 g/mol. The molecule has 0 radical (unpaired) electrons. The molecule has 0 fully saturated rings. The van der Waals surface area contributed by atoms with Gasteiger partial charge in [-0.05, 0) is 20.3 Å². The van der Waals surface area contributed by atoms with Crippen molar-refractivity contribution in [3.63, 3.8) is 0 Å². The molecule has 1 heterocycles. The lowest BCUT2D eigenvalue weighted by atomic mass is 10.4. The van der Waals surface area contributed by atoms with E-state index in [1.165, 1.54) is 11.8 Å². The van der Waals surface area contributed by atoms with Gasteiger partial charge in [-0.15, -0.1) is 5.10 Å². The highest BCUT2D eigenvalue weighted by molar-refractivity contribution is 8.00. The SMILES string of the molecule is CCCCOC(=O)C(C)Sc1n[nH]c(C)n1. The molecule has 1 N–H and O–H groups in total. The molecule has 1 aromatic heterocycles. The molecule has 0 aliphatic heterocycles. The fourth-order valence-corrected chi connectivity index (χ4v) is 1.78. The second-order valence-electron chi connectivity index (χ2n) is 3.48. The van der Waals surface area contributed by atoms with E-state index in [4.69, 9.17) is 4.74 Å². The number of hydrogen-bond donors (Lipinski definition) is 1. The summed E-state index contributed by atoms with van der Waals surface area (Å²) in [4.78, 5) is 15.6. The van der Waals surface area contributed by atoms with Crippen LogP contribution in [-0.2, 0) is 9.53 Å². The van der Waals surface area contributed by atoms with Crippen LogP contribution in [0, 0.1) is 6.92 Å². The fourth-order valence-electron chi connectivity index (χ4n) is 1.02. The summed E-state index contributed by atoms with van der Waals surface area (Å²) < 4.78 is 5.10. The monoisotopic (exact) mass is 243 g/mol. The van der Waals surface area contributed by atoms with Gasteiger partial charge in [0, 0.05) is 0 Å². The Morgan fingerprint density at radius 3 is 2.94 bits per heavy atom. The zero-order valence-electron chi connectivity index (χ0n) is 9.82. The minimum absolute atomic E-state index is 0.207. The van der Waals surface area contributed by atoms with Crippen molar-refractivity contribution in [2.24, 2.45) is 0 Å². The third kappa shape index (κ3) is 4.22. The summed E-state index contributed by atoms with van der Waals surface area (Å²) in [7, 11) is 0. The van der Waals surface area contributed by atoms with Crippen LogP contribution >= 0.6 is 11.8 Å². The molecule has 0 aliphatic rings. The molecule has 16 heavy (non-hydrogen) atoms. The highest BCUT2D eigenvalue weighted by Crippen LogP contribution is 2.19. The van der Waals surface area contributed by atoms with Gasteiger partial charge in [0.1, 0.15) is 11.1 Å². The number of hydrogen-bond acceptors (Lipinski definition) is 5. The number of aryl methyl sites for hydroxylation is 1. The van der Waals surface area contributed by atoms with Crippen LogP contribution in [0.4, 0.5) is 0 Å². The summed E-state index contributed by atoms with van der Waals surface area (Å²) in [6, 6.07) is 0. The van der Waals surface area contributed by atoms with Crippen molar-refractivity contribution in [3.05, 3.63) is 5.82 Å². The van der Waals surface area contributed by atoms with Gasteiger partial charge < -0.3 is 4.74 Å². The second-order valence-corrected chi connectivity index (χ2v) is 4.79. The lowest BCUT2D eigenvalue weighted by Crippen LogP contribution is -2.17. The molecule has 0 aromatic carbocycles. The van der Waals surface area contributed by atoms with Crippen molar-refractivity contribution < 1.29 is 9.53 Å². The van der Waals surface area contributed by atoms with Crippen molar-refractivity contribution in [2.45, 2.75) is 44.0 Å². The number of ether oxygens (including phenoxy) is 1. The first-order valence-electron chi connectivity index (χ1n) is 5.35. The second kappa shape index (κ2) is 6.52. The van der Waals surface area contributed by atoms with Gasteiger partial charge in [-0.25, -0.2) is 4.98 Å². The predicted molar refractivity (Wildman–Crippen MR) is 62.3 cm³/mol. The van der Waals surface area contributed by atoms with E-state index in [9.17, 15) is 4.79 Å². The molecule has 90 valence electrons. The van der Waals surface area contributed by atoms with Gasteiger partial charge in [-0.3, -0.25) is 9.89 Å². The van der Waals surface area contributed by atoms with E-state index < -0.39 is 0 Å². The van der Waals surface area contributed by atoms with Crippen molar-refractivity contribution in [1.82, 2.24) is 15.2 Å². The summed E-state index contributed by atoms with van der Waals surface area (Å²) in [5.41, 5.74) is 0. The highest BCUT2D eigenvalue weighted by Gasteiger charge is 2.17. The Hall–Kier alpha value is -1.04. The molecular formula is C10H17N3O2S. The van der Waals surface area contributed by atoms with E-state index in [-0.39, 0.29) is 11.2 Å². The molecule has 0 bridgehead atoms. The number of H-pyrrole nitrogens is 1. The van der Waals surface area contributed by atoms with Crippen LogP contribution in [0.15, 0.2) is 5.16 Å². The predicted octanol–water partition coefficient (Wildman–Crippen LogP) is 1.94. The quantitative estimate of drug-likeness (QED) is 0.470. The van der Waals surface area contributed by atoms with Crippen molar-refractivity contribution >= 4 is 17.7 Å². The van der Waals surface area contributed by atoms with Gasteiger partial charge in [0.2, 0.25) is 5.16 Å². The van der Waals surface area contributed by atoms with Crippen LogP contribution in [0.3, 0.4) is 0 Å². The number of rotatable bonds is 6. The van der Waals surface area contributed by atoms with Crippen LogP contribution in [0.25, 0.3) is 0 Å². The molecule has 5 nitrogen and oxygen atoms in total. The number of aromatic nitrogens is 3. The van der Waals surface area contributed by atoms with Crippen molar-refractivity contribution in [3.8, 4) is 0 Å². The molecule has 0 aliphatic carbocycles. The number of thioether (sulfide) groups is 1. The number of aromatic amines is 1. The van der Waals surface area contributed by atoms with Crippen molar-refractivity contribution in [2.75, 3.05) is 6.61 Å². The molecule has 0 saturated heterocycles. The van der Waals surface area contributed by atoms with Gasteiger partial charge in [0.05, 0.1) is 6.61 Å². The summed E-state index contributed by atoms with van der Waals surface area (Å²) in [6.45, 7) is 6.17. The number of nitrogens with zero attached hydrogens (tertiary/aromatic N) is 2. The van der Waals surface area contributed by atoms with E-state index in [0.29, 0.717) is 11.8 Å². The number of carbonyl (C=O) groups is 1. The largest absolute Gasteiger partial charge is 0.465 e. The summed E-state index contributed by atoms with van der Waals surface area (Å²) >= 11 is 1.30. The van der Waals surface area contributed by atoms with Gasteiger partial charge >= 0.3 is 5.97 Å². The lowest BCUT2D eigenvalue weighted by Gasteiger charge is -2.08. The smallest absolute Gasteiger partial charge is 0.319 e. The number of esters is 1. The van der Waals surface area contributed by atoms with Crippen molar-refractivity contribution in [1.29, 1.82) is 0 Å².